The molecule has 0 spiro atoms. The second-order valence-corrected chi connectivity index (χ2v) is 10.7. The molecule has 35 heavy (non-hydrogen) atoms. The molecule has 0 atom stereocenters. The third kappa shape index (κ3) is 5.77. The highest BCUT2D eigenvalue weighted by Crippen LogP contribution is 2.30. The normalized spacial score (nSPS) is 17.7. The molecular formula is C21H20F3N5O4S2. The summed E-state index contributed by atoms with van der Waals surface area (Å²) in [4.78, 5) is 34.4. The summed E-state index contributed by atoms with van der Waals surface area (Å²) in [5.41, 5.74) is -3.88. The van der Waals surface area contributed by atoms with E-state index < -0.39 is 34.5 Å². The third-order valence-electron chi connectivity index (χ3n) is 5.46. The van der Waals surface area contributed by atoms with E-state index in [0.717, 1.165) is 17.8 Å². The predicted octanol–water partition coefficient (Wildman–Crippen LogP) is 2.86. The number of nitrogens with zero attached hydrogens (tertiary/aromatic N) is 4. The number of pyridine rings is 1. The minimum Gasteiger partial charge on any atom is -0.339 e. The van der Waals surface area contributed by atoms with Crippen LogP contribution in [0.4, 0.5) is 19.0 Å². The molecule has 2 aliphatic heterocycles. The quantitative estimate of drug-likeness (QED) is 0.612. The van der Waals surface area contributed by atoms with Crippen molar-refractivity contribution in [2.45, 2.75) is 24.9 Å². The molecule has 0 unspecified atom stereocenters. The molecule has 1 saturated heterocycles. The Bertz CT molecular complexity index is 1280. The summed E-state index contributed by atoms with van der Waals surface area (Å²) in [5.74, 6) is -1.20. The molecule has 2 amide bonds. The molecule has 9 nitrogen and oxygen atoms in total. The number of aromatic nitrogens is 2. The first-order chi connectivity index (χ1) is 16.5. The molecule has 2 aliphatic rings. The fourth-order valence-electron chi connectivity index (χ4n) is 3.66. The predicted molar refractivity (Wildman–Crippen MR) is 123 cm³/mol. The van der Waals surface area contributed by atoms with Crippen LogP contribution in [0.25, 0.3) is 12.2 Å². The first kappa shape index (κ1) is 25.0. The van der Waals surface area contributed by atoms with Gasteiger partial charge in [-0.05, 0) is 36.6 Å². The number of alkyl halides is 3. The fourth-order valence-corrected chi connectivity index (χ4v) is 5.17. The Labute approximate surface area is 203 Å². The van der Waals surface area contributed by atoms with E-state index in [1.807, 2.05) is 11.5 Å². The lowest BCUT2D eigenvalue weighted by atomic mass is 10.0. The maximum absolute atomic E-state index is 13.0. The SMILES string of the molecule is O=C1CN(S(=O)(=O)C(F)(F)F)Cc2cc(/C=C/C(=O)N3CCC(=Cc4nccs4)CC3)cnc2N1. The van der Waals surface area contributed by atoms with Crippen LogP contribution in [0.5, 0.6) is 0 Å². The van der Waals surface area contributed by atoms with E-state index in [1.165, 1.54) is 30.0 Å². The van der Waals surface area contributed by atoms with Crippen molar-refractivity contribution in [1.29, 1.82) is 0 Å². The highest BCUT2D eigenvalue weighted by Gasteiger charge is 2.51. The lowest BCUT2D eigenvalue weighted by Gasteiger charge is -2.27. The Hall–Kier alpha value is -3.10. The number of carbonyl (C=O) groups excluding carboxylic acids is 2. The van der Waals surface area contributed by atoms with Crippen LogP contribution in [0.1, 0.15) is 29.0 Å². The van der Waals surface area contributed by atoms with E-state index in [4.69, 9.17) is 0 Å². The fraction of sp³-hybridized carbons (Fsp3) is 0.333. The lowest BCUT2D eigenvalue weighted by molar-refractivity contribution is -0.126. The number of hydrogen-bond acceptors (Lipinski definition) is 7. The van der Waals surface area contributed by atoms with Crippen LogP contribution >= 0.6 is 11.3 Å². The summed E-state index contributed by atoms with van der Waals surface area (Å²) in [6, 6.07) is 1.39. The number of likely N-dealkylation sites (tertiary alicyclic amines) is 1. The average molecular weight is 528 g/mol. The van der Waals surface area contributed by atoms with Gasteiger partial charge in [0.2, 0.25) is 11.8 Å². The summed E-state index contributed by atoms with van der Waals surface area (Å²) in [6.45, 7) is -0.604. The van der Waals surface area contributed by atoms with Gasteiger partial charge in [0.15, 0.2) is 0 Å². The van der Waals surface area contributed by atoms with Crippen molar-refractivity contribution in [2.24, 2.45) is 0 Å². The molecule has 4 heterocycles. The zero-order valence-electron chi connectivity index (χ0n) is 18.2. The van der Waals surface area contributed by atoms with Crippen molar-refractivity contribution in [3.05, 3.63) is 51.6 Å². The molecule has 4 rings (SSSR count). The number of amides is 2. The van der Waals surface area contributed by atoms with Crippen molar-refractivity contribution in [1.82, 2.24) is 19.2 Å². The lowest BCUT2D eigenvalue weighted by Crippen LogP contribution is -2.42. The van der Waals surface area contributed by atoms with E-state index in [1.54, 1.807) is 22.4 Å². The molecule has 1 N–H and O–H groups in total. The van der Waals surface area contributed by atoms with E-state index in [2.05, 4.69) is 15.3 Å². The number of thiazole rings is 1. The smallest absolute Gasteiger partial charge is 0.339 e. The maximum Gasteiger partial charge on any atom is 0.511 e. The van der Waals surface area contributed by atoms with Crippen molar-refractivity contribution < 1.29 is 31.2 Å². The zero-order valence-corrected chi connectivity index (χ0v) is 19.8. The Morgan fingerprint density at radius 2 is 1.91 bits per heavy atom. The highest BCUT2D eigenvalue weighted by molar-refractivity contribution is 7.90. The topological polar surface area (TPSA) is 113 Å². The number of hydrogen-bond donors (Lipinski definition) is 1. The van der Waals surface area contributed by atoms with Crippen molar-refractivity contribution in [3.63, 3.8) is 0 Å². The molecule has 0 bridgehead atoms. The molecule has 0 aliphatic carbocycles. The standard InChI is InChI=1S/C21H20F3N5O4S2/c22-21(23,24)35(32,33)29-12-16-9-15(11-26-20(16)27-17(30)13-29)1-2-19(31)28-6-3-14(4-7-28)10-18-25-5-8-34-18/h1-2,5,8-11H,3-4,6-7,12-13H2,(H,26,27,30)/b2-1+. The molecule has 0 aromatic carbocycles. The van der Waals surface area contributed by atoms with Crippen LogP contribution in [0, 0.1) is 0 Å². The number of rotatable bonds is 4. The molecule has 186 valence electrons. The first-order valence-corrected chi connectivity index (χ1v) is 12.8. The molecule has 2 aromatic rings. The van der Waals surface area contributed by atoms with Gasteiger partial charge < -0.3 is 10.2 Å². The number of fused-ring (bicyclic) bond motifs is 1. The Balaban J connectivity index is 1.44. The monoisotopic (exact) mass is 527 g/mol. The van der Waals surface area contributed by atoms with Crippen molar-refractivity contribution in [2.75, 3.05) is 25.0 Å². The molecule has 14 heteroatoms. The maximum atomic E-state index is 13.0. The van der Waals surface area contributed by atoms with E-state index in [0.29, 0.717) is 18.7 Å². The number of halogens is 3. The van der Waals surface area contributed by atoms with Crippen molar-refractivity contribution in [3.8, 4) is 0 Å². The minimum atomic E-state index is -5.71. The van der Waals surface area contributed by atoms with Crippen LogP contribution in [0.2, 0.25) is 0 Å². The Morgan fingerprint density at radius 1 is 1.17 bits per heavy atom. The zero-order chi connectivity index (χ0) is 25.2. The number of sulfonamides is 1. The van der Waals surface area contributed by atoms with Crippen LogP contribution in [0.3, 0.4) is 0 Å². The minimum absolute atomic E-state index is 0.0334. The van der Waals surface area contributed by atoms with Gasteiger partial charge in [-0.3, -0.25) is 9.59 Å². The Kier molecular flexibility index (Phi) is 7.05. The van der Waals surface area contributed by atoms with Gasteiger partial charge in [0, 0.05) is 49.0 Å². The van der Waals surface area contributed by atoms with Gasteiger partial charge in [0.25, 0.3) is 0 Å². The number of anilines is 1. The summed E-state index contributed by atoms with van der Waals surface area (Å²) >= 11 is 1.54. The molecule has 2 aromatic heterocycles. The van der Waals surface area contributed by atoms with E-state index in [9.17, 15) is 31.2 Å². The molecular weight excluding hydrogens is 507 g/mol. The van der Waals surface area contributed by atoms with Crippen LogP contribution < -0.4 is 5.32 Å². The molecule has 0 radical (unpaired) electrons. The average Bonchev–Trinajstić information content (AvgIpc) is 3.24. The van der Waals surface area contributed by atoms with Crippen molar-refractivity contribution >= 4 is 51.1 Å². The first-order valence-electron chi connectivity index (χ1n) is 10.4. The molecule has 0 saturated carbocycles. The van der Waals surface area contributed by atoms with Crippen LogP contribution in [0.15, 0.2) is 35.5 Å². The highest BCUT2D eigenvalue weighted by atomic mass is 32.2. The van der Waals surface area contributed by atoms with Gasteiger partial charge in [-0.25, -0.2) is 18.4 Å². The van der Waals surface area contributed by atoms with Gasteiger partial charge in [-0.2, -0.15) is 17.5 Å². The van der Waals surface area contributed by atoms with Gasteiger partial charge in [-0.15, -0.1) is 11.3 Å². The summed E-state index contributed by atoms with van der Waals surface area (Å²) in [7, 11) is -5.71. The molecule has 1 fully saturated rings. The Morgan fingerprint density at radius 3 is 2.57 bits per heavy atom. The van der Waals surface area contributed by atoms with Gasteiger partial charge >= 0.3 is 15.5 Å². The summed E-state index contributed by atoms with van der Waals surface area (Å²) < 4.78 is 62.7. The largest absolute Gasteiger partial charge is 0.511 e. The second-order valence-electron chi connectivity index (χ2n) is 7.87. The van der Waals surface area contributed by atoms with Gasteiger partial charge in [0.1, 0.15) is 10.8 Å². The summed E-state index contributed by atoms with van der Waals surface area (Å²) in [6.07, 6.45) is 9.33. The number of carbonyl (C=O) groups is 2. The second kappa shape index (κ2) is 9.87. The van der Waals surface area contributed by atoms with Gasteiger partial charge in [-0.1, -0.05) is 5.57 Å². The number of piperidine rings is 1. The van der Waals surface area contributed by atoms with Crippen LogP contribution in [-0.4, -0.2) is 64.5 Å². The van der Waals surface area contributed by atoms with E-state index in [-0.39, 0.29) is 21.6 Å². The third-order valence-corrected chi connectivity index (χ3v) is 7.70. The van der Waals surface area contributed by atoms with Crippen LogP contribution in [-0.2, 0) is 26.2 Å². The van der Waals surface area contributed by atoms with E-state index >= 15 is 0 Å². The number of nitrogens with one attached hydrogen (secondary N) is 1. The van der Waals surface area contributed by atoms with Gasteiger partial charge in [0.05, 0.1) is 6.54 Å². The summed E-state index contributed by atoms with van der Waals surface area (Å²) in [5, 5.41) is 5.13.